The maximum atomic E-state index is 13.7. The van der Waals surface area contributed by atoms with E-state index in [1.807, 2.05) is 5.32 Å². The Morgan fingerprint density at radius 1 is 0.525 bits per heavy atom. The Kier molecular flexibility index (Phi) is 24.0. The third kappa shape index (κ3) is 22.2. The zero-order valence-corrected chi connectivity index (χ0v) is 33.7. The smallest absolute Gasteiger partial charge is 0.328 e. The second kappa shape index (κ2) is 27.0. The first-order chi connectivity index (χ1) is 28.3. The lowest BCUT2D eigenvalue weighted by Gasteiger charge is -2.28. The van der Waals surface area contributed by atoms with E-state index < -0.39 is 139 Å². The number of carbonyl (C=O) groups is 10. The van der Waals surface area contributed by atoms with Crippen LogP contribution in [0.5, 0.6) is 0 Å². The molecular formula is C33H58N14O14. The van der Waals surface area contributed by atoms with Crippen LogP contribution in [0.25, 0.3) is 0 Å². The van der Waals surface area contributed by atoms with E-state index >= 15 is 0 Å². The molecule has 0 rings (SSSR count). The number of hydrogen-bond donors (Lipinski definition) is 18. The van der Waals surface area contributed by atoms with Gasteiger partial charge in [0.05, 0.1) is 31.4 Å². The molecule has 0 fully saturated rings. The quantitative estimate of drug-likeness (QED) is 0.0189. The van der Waals surface area contributed by atoms with Gasteiger partial charge >= 0.3 is 17.9 Å². The number of aliphatic hydroxyl groups excluding tert-OH is 1. The van der Waals surface area contributed by atoms with Gasteiger partial charge in [0.25, 0.3) is 0 Å². The summed E-state index contributed by atoms with van der Waals surface area (Å²) in [5, 5.41) is 70.4. The van der Waals surface area contributed by atoms with Gasteiger partial charge in [-0.15, -0.1) is 0 Å². The first-order valence-corrected chi connectivity index (χ1v) is 18.6. The Morgan fingerprint density at radius 2 is 0.902 bits per heavy atom. The van der Waals surface area contributed by atoms with Crippen LogP contribution in [0.4, 0.5) is 0 Å². The minimum absolute atomic E-state index is 0.00483. The number of aliphatic carboxylic acids is 3. The molecule has 344 valence electrons. The van der Waals surface area contributed by atoms with E-state index in [-0.39, 0.29) is 44.7 Å². The highest BCUT2D eigenvalue weighted by molar-refractivity contribution is 5.99. The maximum Gasteiger partial charge on any atom is 0.328 e. The maximum absolute atomic E-state index is 13.7. The van der Waals surface area contributed by atoms with Gasteiger partial charge in [-0.05, 0) is 38.5 Å². The van der Waals surface area contributed by atoms with E-state index in [0.717, 1.165) is 6.92 Å². The summed E-state index contributed by atoms with van der Waals surface area (Å²) in [6.07, 6.45) is -4.54. The van der Waals surface area contributed by atoms with E-state index in [4.69, 9.17) is 33.8 Å². The van der Waals surface area contributed by atoms with Crippen molar-refractivity contribution >= 4 is 71.2 Å². The highest BCUT2D eigenvalue weighted by Gasteiger charge is 2.36. The van der Waals surface area contributed by atoms with Crippen molar-refractivity contribution in [2.24, 2.45) is 28.9 Å². The van der Waals surface area contributed by atoms with E-state index in [0.29, 0.717) is 0 Å². The average molecular weight is 875 g/mol. The fourth-order valence-electron chi connectivity index (χ4n) is 5.17. The molecule has 0 aromatic heterocycles. The predicted octanol–water partition coefficient (Wildman–Crippen LogP) is -7.30. The van der Waals surface area contributed by atoms with Crippen molar-refractivity contribution in [1.29, 1.82) is 10.8 Å². The molecule has 0 aliphatic carbocycles. The molecule has 0 bridgehead atoms. The number of hydrogen-bond acceptors (Lipinski definition) is 14. The topological polar surface area (TPSA) is 500 Å². The minimum atomic E-state index is -1.97. The first kappa shape index (κ1) is 54.2. The Morgan fingerprint density at radius 3 is 1.31 bits per heavy atom. The second-order valence-electron chi connectivity index (χ2n) is 14.0. The van der Waals surface area contributed by atoms with Crippen LogP contribution in [0.2, 0.25) is 0 Å². The van der Waals surface area contributed by atoms with Gasteiger partial charge < -0.3 is 85.9 Å². The molecule has 0 aliphatic rings. The van der Waals surface area contributed by atoms with Gasteiger partial charge in [-0.2, -0.15) is 0 Å². The summed E-state index contributed by atoms with van der Waals surface area (Å²) in [5.41, 5.74) is 21.7. The summed E-state index contributed by atoms with van der Waals surface area (Å²) in [7, 11) is 0. The number of aliphatic hydroxyl groups is 1. The third-order valence-corrected chi connectivity index (χ3v) is 8.32. The lowest BCUT2D eigenvalue weighted by molar-refractivity contribution is -0.146. The van der Waals surface area contributed by atoms with Crippen LogP contribution in [-0.2, 0) is 47.9 Å². The molecule has 61 heavy (non-hydrogen) atoms. The molecule has 28 nitrogen and oxygen atoms in total. The van der Waals surface area contributed by atoms with Gasteiger partial charge in [-0.25, -0.2) is 4.79 Å². The fourth-order valence-corrected chi connectivity index (χ4v) is 5.17. The molecule has 0 aromatic rings. The predicted molar refractivity (Wildman–Crippen MR) is 210 cm³/mol. The summed E-state index contributed by atoms with van der Waals surface area (Å²) < 4.78 is 0. The summed E-state index contributed by atoms with van der Waals surface area (Å²) in [6.45, 7) is 4.00. The number of rotatable bonds is 29. The molecule has 28 heteroatoms. The molecule has 7 amide bonds. The van der Waals surface area contributed by atoms with Crippen LogP contribution in [0.15, 0.2) is 0 Å². The summed E-state index contributed by atoms with van der Waals surface area (Å²) in [5.74, 6) is -14.6. The Labute approximate surface area is 348 Å². The van der Waals surface area contributed by atoms with Crippen LogP contribution in [0.1, 0.15) is 65.7 Å². The minimum Gasteiger partial charge on any atom is -0.481 e. The van der Waals surface area contributed by atoms with Crippen molar-refractivity contribution in [1.82, 2.24) is 42.5 Å². The molecule has 0 unspecified atom stereocenters. The van der Waals surface area contributed by atoms with Crippen molar-refractivity contribution in [2.45, 2.75) is 114 Å². The lowest BCUT2D eigenvalue weighted by atomic mass is 10.0. The van der Waals surface area contributed by atoms with Crippen molar-refractivity contribution in [3.63, 3.8) is 0 Å². The molecule has 0 aliphatic heterocycles. The molecular weight excluding hydrogens is 816 g/mol. The third-order valence-electron chi connectivity index (χ3n) is 8.32. The fraction of sp³-hybridized carbons (Fsp3) is 0.636. The number of carbonyl (C=O) groups excluding carboxylic acids is 7. The molecule has 0 saturated heterocycles. The number of guanidine groups is 2. The normalized spacial score (nSPS) is 14.7. The lowest BCUT2D eigenvalue weighted by Crippen LogP contribution is -2.61. The molecule has 0 radical (unpaired) electrons. The van der Waals surface area contributed by atoms with Crippen molar-refractivity contribution < 1.29 is 68.4 Å². The molecule has 8 atom stereocenters. The number of nitrogens with one attached hydrogen (secondary N) is 10. The molecule has 0 aromatic carbocycles. The second-order valence-corrected chi connectivity index (χ2v) is 14.0. The number of carboxylic acids is 3. The van der Waals surface area contributed by atoms with Gasteiger partial charge in [0, 0.05) is 13.1 Å². The van der Waals surface area contributed by atoms with Gasteiger partial charge in [0.15, 0.2) is 18.0 Å². The van der Waals surface area contributed by atoms with Crippen LogP contribution < -0.4 is 65.5 Å². The van der Waals surface area contributed by atoms with Gasteiger partial charge in [0.1, 0.15) is 30.2 Å². The van der Waals surface area contributed by atoms with Crippen molar-refractivity contribution in [3.05, 3.63) is 0 Å². The summed E-state index contributed by atoms with van der Waals surface area (Å²) in [4.78, 5) is 126. The summed E-state index contributed by atoms with van der Waals surface area (Å²) >= 11 is 0. The van der Waals surface area contributed by atoms with E-state index in [1.165, 1.54) is 13.8 Å². The van der Waals surface area contributed by atoms with Crippen LogP contribution in [-0.4, -0.2) is 153 Å². The zero-order chi connectivity index (χ0) is 47.1. The van der Waals surface area contributed by atoms with Crippen LogP contribution in [0.3, 0.4) is 0 Å². The standard InChI is InChI=1S/C33H58N14O14/c1-13(2)23(30(59)45-19(12-22(52)53)29(58)47-24(14(3)48)31(60)61)46-28(57)18(11-21(50)51)44-26(55)16(7-5-9-41-33(38)39)42-27(56)17(10-20(35)49)43-25(54)15(34)6-4-8-40-32(36)37/h13-19,23-24,48H,4-12,34H2,1-3H3,(H2,35,49)(H,42,56)(H,43,54)(H,44,55)(H,45,59)(H,46,57)(H,47,58)(H,50,51)(H,52,53)(H,60,61)(H4,36,37,40)(H4,38,39,41)/t14-,15+,16+,17+,18+,19+,23+,24+/m1/s1. The van der Waals surface area contributed by atoms with Crippen molar-refractivity contribution in [3.8, 4) is 0 Å². The van der Waals surface area contributed by atoms with Crippen molar-refractivity contribution in [2.75, 3.05) is 13.1 Å². The molecule has 0 saturated carbocycles. The number of amides is 7. The molecule has 22 N–H and O–H groups in total. The van der Waals surface area contributed by atoms with E-state index in [9.17, 15) is 68.4 Å². The molecule has 0 heterocycles. The number of carboxylic acid groups (broad SMARTS) is 3. The highest BCUT2D eigenvalue weighted by atomic mass is 16.4. The average Bonchev–Trinajstić information content (AvgIpc) is 3.13. The van der Waals surface area contributed by atoms with Gasteiger partial charge in [0.2, 0.25) is 41.4 Å². The Bertz CT molecular complexity index is 1630. The SMILES string of the molecule is CC(C)[C@H](NC(=O)[C@H](CC(=O)O)NC(=O)[C@H](CCCNC(=N)N)NC(=O)[C@H](CC(N)=O)NC(=O)[C@@H](N)CCCNC(=N)N)C(=O)N[C@@H](CC(=O)O)C(=O)N[C@H](C(=O)O)[C@@H](C)O. The largest absolute Gasteiger partial charge is 0.481 e. The first-order valence-electron chi connectivity index (χ1n) is 18.6. The molecule has 0 spiro atoms. The zero-order valence-electron chi connectivity index (χ0n) is 33.7. The van der Waals surface area contributed by atoms with E-state index in [1.54, 1.807) is 0 Å². The Hall–Kier alpha value is -6.84. The van der Waals surface area contributed by atoms with Crippen LogP contribution >= 0.6 is 0 Å². The highest BCUT2D eigenvalue weighted by Crippen LogP contribution is 2.08. The number of primary amides is 1. The monoisotopic (exact) mass is 874 g/mol. The number of nitrogens with two attached hydrogens (primary N) is 4. The summed E-state index contributed by atoms with van der Waals surface area (Å²) in [6, 6.07) is -12.0. The van der Waals surface area contributed by atoms with E-state index in [2.05, 4.69) is 37.2 Å². The van der Waals surface area contributed by atoms with Crippen LogP contribution in [0, 0.1) is 16.7 Å². The van der Waals surface area contributed by atoms with Gasteiger partial charge in [-0.3, -0.25) is 54.0 Å². The Balaban J connectivity index is 6.41. The van der Waals surface area contributed by atoms with Gasteiger partial charge in [-0.1, -0.05) is 13.8 Å².